The van der Waals surface area contributed by atoms with E-state index in [1.54, 1.807) is 77.9 Å². The van der Waals surface area contributed by atoms with Gasteiger partial charge >= 0.3 is 12.2 Å². The molecule has 2 rings (SSSR count). The van der Waals surface area contributed by atoms with Crippen molar-refractivity contribution in [3.63, 3.8) is 0 Å². The van der Waals surface area contributed by atoms with E-state index in [0.717, 1.165) is 5.56 Å². The van der Waals surface area contributed by atoms with Crippen LogP contribution in [0, 0.1) is 11.8 Å². The van der Waals surface area contributed by atoms with Gasteiger partial charge in [-0.25, -0.2) is 14.6 Å². The molecule has 0 saturated carbocycles. The van der Waals surface area contributed by atoms with Crippen LogP contribution in [0.1, 0.15) is 65.1 Å². The number of carbonyl (C=O) groups is 4. The molecule has 2 aromatic carbocycles. The second kappa shape index (κ2) is 22.3. The minimum atomic E-state index is -1.11. The highest BCUT2D eigenvalue weighted by atomic mass is 16.6. The normalized spacial score (nSPS) is 13.6. The molecule has 278 valence electrons. The summed E-state index contributed by atoms with van der Waals surface area (Å²) in [5.74, 6) is -0.810. The average molecular weight is 702 g/mol. The number of carbonyl (C=O) groups excluding carboxylic acids is 4. The van der Waals surface area contributed by atoms with Crippen LogP contribution in [0.5, 0.6) is 5.75 Å². The lowest BCUT2D eigenvalue weighted by Gasteiger charge is -2.31. The fraction of sp³-hybridized carbons (Fsp3) is 0.556. The van der Waals surface area contributed by atoms with Crippen molar-refractivity contribution in [3.8, 4) is 5.75 Å². The summed E-state index contributed by atoms with van der Waals surface area (Å²) in [6.07, 6.45) is -2.40. The van der Waals surface area contributed by atoms with E-state index in [4.69, 9.17) is 18.9 Å². The maximum atomic E-state index is 13.5. The number of hydrazine groups is 1. The Morgan fingerprint density at radius 1 is 0.760 bits per heavy atom. The SMILES string of the molecule is CCOC(=O)NC(C(=O)NC(c1ccccc1)C(O)CCN(Cc1ccc(OCCOC)cc1)NC(=O)C(NC(=O)OCC)C(C)C)C(C)C. The maximum absolute atomic E-state index is 13.5. The fourth-order valence-electron chi connectivity index (χ4n) is 4.98. The van der Waals surface area contributed by atoms with E-state index in [-0.39, 0.29) is 44.6 Å². The van der Waals surface area contributed by atoms with Crippen molar-refractivity contribution >= 4 is 24.0 Å². The summed E-state index contributed by atoms with van der Waals surface area (Å²) in [4.78, 5) is 51.4. The van der Waals surface area contributed by atoms with Gasteiger partial charge in [0.25, 0.3) is 5.91 Å². The van der Waals surface area contributed by atoms with Gasteiger partial charge in [0.1, 0.15) is 24.4 Å². The summed E-state index contributed by atoms with van der Waals surface area (Å²) in [6, 6.07) is 13.7. The van der Waals surface area contributed by atoms with Gasteiger partial charge in [0.15, 0.2) is 0 Å². The molecule has 2 aromatic rings. The molecule has 0 fully saturated rings. The molecule has 5 N–H and O–H groups in total. The first-order valence-electron chi connectivity index (χ1n) is 17.1. The number of nitrogens with one attached hydrogen (secondary N) is 4. The standard InChI is InChI=1S/C36H55N5O9/c1-8-48-35(45)38-30(24(3)4)33(43)37-32(27-13-11-10-12-14-27)29(42)19-20-41(23-26-15-17-28(18-16-26)50-22-21-47-7)40-34(44)31(25(5)6)39-36(46)49-9-2/h10-18,24-25,29-32,42H,8-9,19-23H2,1-7H3,(H,37,43)(H,38,45)(H,39,46)(H,40,44). The van der Waals surface area contributed by atoms with Crippen LogP contribution in [0.4, 0.5) is 9.59 Å². The minimum absolute atomic E-state index is 0.119. The first kappa shape index (κ1) is 41.8. The smallest absolute Gasteiger partial charge is 0.407 e. The third-order valence-electron chi connectivity index (χ3n) is 7.65. The number of amides is 4. The van der Waals surface area contributed by atoms with Gasteiger partial charge in [-0.1, -0.05) is 70.2 Å². The lowest BCUT2D eigenvalue weighted by Crippen LogP contribution is -2.55. The molecule has 0 bridgehead atoms. The van der Waals surface area contributed by atoms with Crippen LogP contribution in [0.3, 0.4) is 0 Å². The highest BCUT2D eigenvalue weighted by Crippen LogP contribution is 2.21. The highest BCUT2D eigenvalue weighted by molar-refractivity contribution is 5.86. The van der Waals surface area contributed by atoms with Crippen molar-refractivity contribution in [1.29, 1.82) is 0 Å². The Bertz CT molecular complexity index is 1310. The molecule has 0 aliphatic carbocycles. The third-order valence-corrected chi connectivity index (χ3v) is 7.65. The largest absolute Gasteiger partial charge is 0.491 e. The zero-order valence-electron chi connectivity index (χ0n) is 30.3. The van der Waals surface area contributed by atoms with Crippen molar-refractivity contribution < 1.29 is 43.2 Å². The molecule has 4 amide bonds. The summed E-state index contributed by atoms with van der Waals surface area (Å²) in [5, 5.41) is 21.4. The number of hydrogen-bond acceptors (Lipinski definition) is 10. The summed E-state index contributed by atoms with van der Waals surface area (Å²) in [6.45, 7) is 12.1. The van der Waals surface area contributed by atoms with Crippen LogP contribution < -0.4 is 26.1 Å². The molecular weight excluding hydrogens is 646 g/mol. The van der Waals surface area contributed by atoms with Crippen LogP contribution in [0.2, 0.25) is 0 Å². The number of aliphatic hydroxyl groups is 1. The van der Waals surface area contributed by atoms with Gasteiger partial charge in [0.05, 0.1) is 32.0 Å². The number of aliphatic hydroxyl groups excluding tert-OH is 1. The molecule has 4 unspecified atom stereocenters. The third kappa shape index (κ3) is 14.6. The van der Waals surface area contributed by atoms with E-state index in [9.17, 15) is 24.3 Å². The van der Waals surface area contributed by atoms with Crippen LogP contribution >= 0.6 is 0 Å². The predicted octanol–water partition coefficient (Wildman–Crippen LogP) is 3.69. The summed E-state index contributed by atoms with van der Waals surface area (Å²) in [5.41, 5.74) is 4.41. The molecule has 0 aliphatic heterocycles. The van der Waals surface area contributed by atoms with E-state index in [1.807, 2.05) is 30.3 Å². The Morgan fingerprint density at radius 3 is 1.84 bits per heavy atom. The molecule has 14 heteroatoms. The van der Waals surface area contributed by atoms with Gasteiger partial charge < -0.3 is 40.0 Å². The number of rotatable bonds is 21. The van der Waals surface area contributed by atoms with Crippen LogP contribution in [-0.4, -0.2) is 92.4 Å². The van der Waals surface area contributed by atoms with E-state index in [0.29, 0.717) is 24.5 Å². The lowest BCUT2D eigenvalue weighted by molar-refractivity contribution is -0.129. The predicted molar refractivity (Wildman–Crippen MR) is 188 cm³/mol. The molecule has 0 aliphatic rings. The number of nitrogens with zero attached hydrogens (tertiary/aromatic N) is 1. The van der Waals surface area contributed by atoms with Crippen molar-refractivity contribution in [2.75, 3.05) is 40.1 Å². The topological polar surface area (TPSA) is 177 Å². The van der Waals surface area contributed by atoms with E-state index in [2.05, 4.69) is 21.4 Å². The van der Waals surface area contributed by atoms with Crippen molar-refractivity contribution in [3.05, 3.63) is 65.7 Å². The first-order chi connectivity index (χ1) is 23.9. The Balaban J connectivity index is 2.31. The Kier molecular flexibility index (Phi) is 18.7. The van der Waals surface area contributed by atoms with Gasteiger partial charge in [-0.2, -0.15) is 0 Å². The second-order valence-corrected chi connectivity index (χ2v) is 12.3. The average Bonchev–Trinajstić information content (AvgIpc) is 3.08. The minimum Gasteiger partial charge on any atom is -0.491 e. The zero-order valence-corrected chi connectivity index (χ0v) is 30.3. The summed E-state index contributed by atoms with van der Waals surface area (Å²) < 4.78 is 20.7. The Labute approximate surface area is 295 Å². The van der Waals surface area contributed by atoms with Gasteiger partial charge in [0.2, 0.25) is 5.91 Å². The number of benzene rings is 2. The first-order valence-corrected chi connectivity index (χ1v) is 17.1. The fourth-order valence-corrected chi connectivity index (χ4v) is 4.98. The van der Waals surface area contributed by atoms with Crippen LogP contribution in [0.25, 0.3) is 0 Å². The lowest BCUT2D eigenvalue weighted by atomic mass is 9.97. The van der Waals surface area contributed by atoms with Crippen molar-refractivity contribution in [2.45, 2.75) is 78.7 Å². The van der Waals surface area contributed by atoms with Gasteiger partial charge in [-0.15, -0.1) is 0 Å². The highest BCUT2D eigenvalue weighted by Gasteiger charge is 2.31. The van der Waals surface area contributed by atoms with Crippen molar-refractivity contribution in [2.24, 2.45) is 11.8 Å². The zero-order chi connectivity index (χ0) is 37.1. The summed E-state index contributed by atoms with van der Waals surface area (Å²) >= 11 is 0. The quantitative estimate of drug-likeness (QED) is 0.0953. The molecular formula is C36H55N5O9. The molecule has 0 aromatic heterocycles. The van der Waals surface area contributed by atoms with Crippen LogP contribution in [-0.2, 0) is 30.3 Å². The maximum Gasteiger partial charge on any atom is 0.407 e. The van der Waals surface area contributed by atoms with Gasteiger partial charge in [-0.3, -0.25) is 15.0 Å². The van der Waals surface area contributed by atoms with Gasteiger partial charge in [-0.05, 0) is 55.4 Å². The molecule has 4 atom stereocenters. The molecule has 50 heavy (non-hydrogen) atoms. The Hall–Kier alpha value is -4.40. The molecule has 0 spiro atoms. The molecule has 14 nitrogen and oxygen atoms in total. The van der Waals surface area contributed by atoms with E-state index >= 15 is 0 Å². The molecule has 0 radical (unpaired) electrons. The monoisotopic (exact) mass is 701 g/mol. The number of hydrogen-bond donors (Lipinski definition) is 5. The molecule has 0 saturated heterocycles. The van der Waals surface area contributed by atoms with E-state index < -0.39 is 48.2 Å². The second-order valence-electron chi connectivity index (χ2n) is 12.3. The van der Waals surface area contributed by atoms with Crippen molar-refractivity contribution in [1.82, 2.24) is 26.4 Å². The summed E-state index contributed by atoms with van der Waals surface area (Å²) in [7, 11) is 1.60. The van der Waals surface area contributed by atoms with Gasteiger partial charge in [0, 0.05) is 20.2 Å². The number of ether oxygens (including phenoxy) is 4. The Morgan fingerprint density at radius 2 is 1.32 bits per heavy atom. The molecule has 0 heterocycles. The van der Waals surface area contributed by atoms with Crippen LogP contribution in [0.15, 0.2) is 54.6 Å². The number of methoxy groups -OCH3 is 1. The number of alkyl carbamates (subject to hydrolysis) is 2. The van der Waals surface area contributed by atoms with E-state index in [1.165, 1.54) is 0 Å².